The molecule has 3 nitrogen and oxygen atoms in total. The summed E-state index contributed by atoms with van der Waals surface area (Å²) in [6.07, 6.45) is 7.59. The topological polar surface area (TPSA) is 11.6 Å². The molecule has 0 aliphatic carbocycles. The average molecular weight is 517 g/mol. The summed E-state index contributed by atoms with van der Waals surface area (Å²) >= 11 is 0. The van der Waals surface area contributed by atoms with Gasteiger partial charge in [-0.3, -0.25) is 0 Å². The molecule has 0 saturated heterocycles. The Balaban J connectivity index is 1.54. The van der Waals surface area contributed by atoms with Crippen molar-refractivity contribution < 1.29 is 13.7 Å². The highest BCUT2D eigenvalue weighted by molar-refractivity contribution is 5.70. The van der Waals surface area contributed by atoms with Gasteiger partial charge in [0.1, 0.15) is 7.05 Å². The number of fused-ring (bicyclic) bond motifs is 6. The second-order valence-corrected chi connectivity index (χ2v) is 10.9. The standard InChI is InChI=1S/C37H30N3/c1-38-23-11-8-20-33(38)31-18-6-7-19-32(31)37(26-27-14-2-3-15-28(27)35-22-10-13-25-40(35)37)36-30-17-5-4-16-29(30)34-21-9-12-24-39(34)36/h2-25,36H,26H2,1H3/q+3. The summed E-state index contributed by atoms with van der Waals surface area (Å²) in [4.78, 5) is 0. The number of nitrogens with zero attached hydrogens (tertiary/aromatic N) is 3. The molecule has 0 saturated carbocycles. The predicted octanol–water partition coefficient (Wildman–Crippen LogP) is 5.99. The lowest BCUT2D eigenvalue weighted by molar-refractivity contribution is -0.824. The summed E-state index contributed by atoms with van der Waals surface area (Å²) < 4.78 is 7.33. The van der Waals surface area contributed by atoms with E-state index in [1.54, 1.807) is 0 Å². The minimum atomic E-state index is -0.433. The lowest BCUT2D eigenvalue weighted by Crippen LogP contribution is -2.69. The molecule has 0 amide bonds. The molecule has 3 heteroatoms. The Morgan fingerprint density at radius 2 is 1.18 bits per heavy atom. The highest BCUT2D eigenvalue weighted by Crippen LogP contribution is 2.49. The van der Waals surface area contributed by atoms with Gasteiger partial charge in [0, 0.05) is 53.1 Å². The van der Waals surface area contributed by atoms with Crippen LogP contribution in [-0.4, -0.2) is 0 Å². The van der Waals surface area contributed by atoms with Crippen LogP contribution in [0.4, 0.5) is 0 Å². The zero-order chi connectivity index (χ0) is 26.7. The maximum absolute atomic E-state index is 2.58. The fraction of sp³-hybridized carbons (Fsp3) is 0.108. The van der Waals surface area contributed by atoms with Gasteiger partial charge in [0.15, 0.2) is 18.6 Å². The molecule has 0 bridgehead atoms. The van der Waals surface area contributed by atoms with Gasteiger partial charge in [-0.05, 0) is 42.0 Å². The first-order valence-electron chi connectivity index (χ1n) is 14.0. The Kier molecular flexibility index (Phi) is 5.08. The summed E-state index contributed by atoms with van der Waals surface area (Å²) in [5.74, 6) is 0. The van der Waals surface area contributed by atoms with Gasteiger partial charge in [0.25, 0.3) is 11.6 Å². The van der Waals surface area contributed by atoms with Crippen LogP contribution >= 0.6 is 0 Å². The molecule has 8 rings (SSSR count). The summed E-state index contributed by atoms with van der Waals surface area (Å²) in [7, 11) is 2.14. The van der Waals surface area contributed by atoms with Crippen molar-refractivity contribution >= 4 is 0 Å². The second-order valence-electron chi connectivity index (χ2n) is 10.9. The smallest absolute Gasteiger partial charge is 0.201 e. The minimum Gasteiger partial charge on any atom is -0.201 e. The quantitative estimate of drug-likeness (QED) is 0.256. The van der Waals surface area contributed by atoms with Crippen LogP contribution in [0.3, 0.4) is 0 Å². The van der Waals surface area contributed by atoms with Crippen molar-refractivity contribution in [2.45, 2.75) is 18.0 Å². The first-order valence-corrected chi connectivity index (χ1v) is 14.0. The molecule has 2 aliphatic rings. The highest BCUT2D eigenvalue weighted by Gasteiger charge is 2.63. The van der Waals surface area contributed by atoms with Crippen LogP contribution in [0.25, 0.3) is 33.8 Å². The van der Waals surface area contributed by atoms with Crippen LogP contribution in [0, 0.1) is 0 Å². The largest absolute Gasteiger partial charge is 0.263 e. The van der Waals surface area contributed by atoms with Crippen LogP contribution in [0.1, 0.15) is 22.7 Å². The molecule has 2 unspecified atom stereocenters. The zero-order valence-corrected chi connectivity index (χ0v) is 22.5. The number of benzene rings is 3. The van der Waals surface area contributed by atoms with Crippen LogP contribution in [0.5, 0.6) is 0 Å². The van der Waals surface area contributed by atoms with Crippen molar-refractivity contribution in [1.82, 2.24) is 0 Å². The fourth-order valence-corrected chi connectivity index (χ4v) is 7.31. The van der Waals surface area contributed by atoms with Crippen molar-refractivity contribution in [3.63, 3.8) is 0 Å². The van der Waals surface area contributed by atoms with Crippen molar-refractivity contribution in [2.24, 2.45) is 7.05 Å². The van der Waals surface area contributed by atoms with Gasteiger partial charge >= 0.3 is 0 Å². The summed E-state index contributed by atoms with van der Waals surface area (Å²) in [6, 6.07) is 46.8. The molecule has 0 fully saturated rings. The third kappa shape index (κ3) is 3.15. The number of hydrogen-bond acceptors (Lipinski definition) is 0. The molecule has 5 heterocycles. The molecular weight excluding hydrogens is 486 g/mol. The molecule has 0 spiro atoms. The molecular formula is C37H30N3+3. The first kappa shape index (κ1) is 23.0. The van der Waals surface area contributed by atoms with E-state index in [2.05, 4.69) is 167 Å². The molecule has 2 atom stereocenters. The minimum absolute atomic E-state index is 0.0505. The summed E-state index contributed by atoms with van der Waals surface area (Å²) in [5.41, 5.74) is 11.2. The van der Waals surface area contributed by atoms with E-state index in [4.69, 9.17) is 0 Å². The van der Waals surface area contributed by atoms with E-state index in [9.17, 15) is 0 Å². The zero-order valence-electron chi connectivity index (χ0n) is 22.5. The van der Waals surface area contributed by atoms with E-state index in [1.165, 1.54) is 50.5 Å². The third-order valence-electron chi connectivity index (χ3n) is 8.92. The van der Waals surface area contributed by atoms with E-state index in [1.807, 2.05) is 0 Å². The number of aryl methyl sites for hydroxylation is 1. The van der Waals surface area contributed by atoms with Crippen molar-refractivity contribution in [3.05, 3.63) is 163 Å². The van der Waals surface area contributed by atoms with E-state index in [-0.39, 0.29) is 6.04 Å². The van der Waals surface area contributed by atoms with Crippen LogP contribution < -0.4 is 13.7 Å². The Morgan fingerprint density at radius 3 is 2.02 bits per heavy atom. The van der Waals surface area contributed by atoms with Crippen molar-refractivity contribution in [3.8, 4) is 33.8 Å². The molecule has 40 heavy (non-hydrogen) atoms. The number of aromatic nitrogens is 3. The van der Waals surface area contributed by atoms with Crippen molar-refractivity contribution in [2.75, 3.05) is 0 Å². The van der Waals surface area contributed by atoms with Gasteiger partial charge in [-0.15, -0.1) is 0 Å². The highest BCUT2D eigenvalue weighted by atomic mass is 15.2. The Bertz CT molecular complexity index is 1880. The summed E-state index contributed by atoms with van der Waals surface area (Å²) in [5, 5.41) is 0. The molecule has 3 aromatic carbocycles. The third-order valence-corrected chi connectivity index (χ3v) is 8.92. The second kappa shape index (κ2) is 8.82. The predicted molar refractivity (Wildman–Crippen MR) is 156 cm³/mol. The van der Waals surface area contributed by atoms with Gasteiger partial charge in [-0.25, -0.2) is 4.57 Å². The number of rotatable bonds is 3. The Morgan fingerprint density at radius 1 is 0.550 bits per heavy atom. The van der Waals surface area contributed by atoms with Gasteiger partial charge in [-0.2, -0.15) is 9.13 Å². The fourth-order valence-electron chi connectivity index (χ4n) is 7.31. The van der Waals surface area contributed by atoms with Crippen molar-refractivity contribution in [1.29, 1.82) is 0 Å². The van der Waals surface area contributed by atoms with Gasteiger partial charge < -0.3 is 0 Å². The molecule has 3 aromatic heterocycles. The Labute approximate surface area is 234 Å². The normalized spacial score (nSPS) is 18.4. The number of pyridine rings is 3. The lowest BCUT2D eigenvalue weighted by atomic mass is 9.70. The lowest BCUT2D eigenvalue weighted by Gasteiger charge is -2.37. The molecule has 0 N–H and O–H groups in total. The molecule has 2 aliphatic heterocycles. The van der Waals surface area contributed by atoms with E-state index < -0.39 is 5.54 Å². The first-order chi connectivity index (χ1) is 19.8. The van der Waals surface area contributed by atoms with Gasteiger partial charge in [-0.1, -0.05) is 54.6 Å². The maximum Gasteiger partial charge on any atom is 0.263 e. The average Bonchev–Trinajstić information content (AvgIpc) is 3.36. The SMILES string of the molecule is C[n+]1ccccc1-c1ccccc1C1(C2c3ccccc3-c3cccc[n+]32)Cc2ccccc2-c2cccc[n+]21. The van der Waals surface area contributed by atoms with Gasteiger partial charge in [0.2, 0.25) is 17.1 Å². The molecule has 0 radical (unpaired) electrons. The van der Waals surface area contributed by atoms with Crippen LogP contribution in [0.2, 0.25) is 0 Å². The van der Waals surface area contributed by atoms with E-state index >= 15 is 0 Å². The maximum atomic E-state index is 2.58. The molecule has 190 valence electrons. The van der Waals surface area contributed by atoms with Crippen LogP contribution in [0.15, 0.2) is 146 Å². The monoisotopic (exact) mass is 516 g/mol. The van der Waals surface area contributed by atoms with E-state index in [0.29, 0.717) is 0 Å². The number of hydrogen-bond donors (Lipinski definition) is 0. The Hall–Kier alpha value is -4.89. The molecule has 6 aromatic rings. The van der Waals surface area contributed by atoms with E-state index in [0.717, 1.165) is 6.42 Å². The van der Waals surface area contributed by atoms with Crippen LogP contribution in [-0.2, 0) is 19.0 Å². The van der Waals surface area contributed by atoms with Gasteiger partial charge in [0.05, 0.1) is 17.5 Å². The summed E-state index contributed by atoms with van der Waals surface area (Å²) in [6.45, 7) is 0.